The van der Waals surface area contributed by atoms with E-state index < -0.39 is 5.76 Å². The Morgan fingerprint density at radius 3 is 2.78 bits per heavy atom. The molecule has 124 valence electrons. The molecule has 0 atom stereocenters. The van der Waals surface area contributed by atoms with Gasteiger partial charge in [-0.1, -0.05) is 18.6 Å². The smallest absolute Gasteiger partial charge is 0.408 e. The lowest BCUT2D eigenvalue weighted by atomic mass is 10.1. The van der Waals surface area contributed by atoms with Crippen LogP contribution < -0.4 is 11.1 Å². The number of aromatic nitrogens is 1. The molecule has 1 aliphatic heterocycles. The third-order valence-electron chi connectivity index (χ3n) is 4.30. The number of piperidine rings is 1. The van der Waals surface area contributed by atoms with Crippen LogP contribution in [-0.2, 0) is 11.3 Å². The molecule has 1 N–H and O–H groups in total. The van der Waals surface area contributed by atoms with Crippen molar-refractivity contribution in [1.82, 2.24) is 14.8 Å². The van der Waals surface area contributed by atoms with E-state index in [-0.39, 0.29) is 12.5 Å². The number of nitrogens with zero attached hydrogens (tertiary/aromatic N) is 2. The van der Waals surface area contributed by atoms with Crippen LogP contribution in [0.4, 0.5) is 0 Å². The molecular weight excluding hydrogens is 294 g/mol. The van der Waals surface area contributed by atoms with Crippen LogP contribution in [0.3, 0.4) is 0 Å². The minimum Gasteiger partial charge on any atom is -0.408 e. The van der Waals surface area contributed by atoms with Crippen LogP contribution in [0.5, 0.6) is 0 Å². The lowest BCUT2D eigenvalue weighted by Crippen LogP contribution is -2.35. The molecule has 0 bridgehead atoms. The van der Waals surface area contributed by atoms with E-state index in [0.717, 1.165) is 13.0 Å². The number of rotatable bonds is 6. The predicted octanol–water partition coefficient (Wildman–Crippen LogP) is 1.59. The first-order valence-corrected chi connectivity index (χ1v) is 8.31. The number of nitrogens with one attached hydrogen (secondary N) is 1. The fourth-order valence-corrected chi connectivity index (χ4v) is 3.08. The van der Waals surface area contributed by atoms with E-state index in [0.29, 0.717) is 17.6 Å². The quantitative estimate of drug-likeness (QED) is 0.822. The third-order valence-corrected chi connectivity index (χ3v) is 4.30. The average molecular weight is 317 g/mol. The van der Waals surface area contributed by atoms with Gasteiger partial charge in [0.05, 0.1) is 5.52 Å². The Morgan fingerprint density at radius 2 is 1.96 bits per heavy atom. The van der Waals surface area contributed by atoms with Crippen LogP contribution in [0.1, 0.15) is 25.7 Å². The maximum absolute atomic E-state index is 12.0. The average Bonchev–Trinajstić information content (AvgIpc) is 2.88. The molecule has 0 unspecified atom stereocenters. The molecule has 2 aromatic rings. The first-order valence-electron chi connectivity index (χ1n) is 8.31. The number of para-hydroxylation sites is 2. The number of hydrogen-bond acceptors (Lipinski definition) is 4. The third kappa shape index (κ3) is 4.01. The Morgan fingerprint density at radius 1 is 1.17 bits per heavy atom. The number of fused-ring (bicyclic) bond motifs is 1. The number of carbonyl (C=O) groups excluding carboxylic acids is 1. The highest BCUT2D eigenvalue weighted by Gasteiger charge is 2.12. The zero-order valence-corrected chi connectivity index (χ0v) is 13.3. The van der Waals surface area contributed by atoms with Crippen molar-refractivity contribution in [3.05, 3.63) is 34.8 Å². The van der Waals surface area contributed by atoms with E-state index in [9.17, 15) is 9.59 Å². The second-order valence-electron chi connectivity index (χ2n) is 6.03. The number of amides is 1. The lowest BCUT2D eigenvalue weighted by molar-refractivity contribution is -0.121. The summed E-state index contributed by atoms with van der Waals surface area (Å²) in [6.45, 7) is 4.00. The van der Waals surface area contributed by atoms with Gasteiger partial charge in [0.25, 0.3) is 0 Å². The fraction of sp³-hybridized carbons (Fsp3) is 0.529. The van der Waals surface area contributed by atoms with Crippen molar-refractivity contribution in [2.75, 3.05) is 26.2 Å². The molecule has 1 aromatic carbocycles. The summed E-state index contributed by atoms with van der Waals surface area (Å²) in [6, 6.07) is 7.13. The van der Waals surface area contributed by atoms with E-state index in [4.69, 9.17) is 4.42 Å². The van der Waals surface area contributed by atoms with Crippen molar-refractivity contribution >= 4 is 17.0 Å². The Bertz CT molecular complexity index is 713. The van der Waals surface area contributed by atoms with Gasteiger partial charge in [-0.3, -0.25) is 9.36 Å². The Hall–Kier alpha value is -2.08. The van der Waals surface area contributed by atoms with Crippen LogP contribution in [0, 0.1) is 0 Å². The van der Waals surface area contributed by atoms with Gasteiger partial charge in [0, 0.05) is 6.54 Å². The summed E-state index contributed by atoms with van der Waals surface area (Å²) in [5, 5.41) is 2.89. The number of hydrogen-bond donors (Lipinski definition) is 1. The molecule has 1 aliphatic rings. The molecule has 0 spiro atoms. The Kier molecular flexibility index (Phi) is 5.12. The van der Waals surface area contributed by atoms with Crippen molar-refractivity contribution in [3.8, 4) is 0 Å². The van der Waals surface area contributed by atoms with Gasteiger partial charge < -0.3 is 14.6 Å². The van der Waals surface area contributed by atoms with Crippen LogP contribution in [-0.4, -0.2) is 41.6 Å². The Labute approximate surface area is 135 Å². The molecule has 23 heavy (non-hydrogen) atoms. The zero-order chi connectivity index (χ0) is 16.1. The zero-order valence-electron chi connectivity index (χ0n) is 13.3. The summed E-state index contributed by atoms with van der Waals surface area (Å²) in [5.41, 5.74) is 1.16. The van der Waals surface area contributed by atoms with E-state index in [1.807, 2.05) is 6.07 Å². The second-order valence-corrected chi connectivity index (χ2v) is 6.03. The maximum Gasteiger partial charge on any atom is 0.420 e. The van der Waals surface area contributed by atoms with Gasteiger partial charge in [0.1, 0.15) is 6.54 Å². The lowest BCUT2D eigenvalue weighted by Gasteiger charge is -2.26. The SMILES string of the molecule is O=C(Cn1c(=O)oc2ccccc21)NCCCN1CCCCC1. The summed E-state index contributed by atoms with van der Waals surface area (Å²) < 4.78 is 6.50. The molecule has 0 radical (unpaired) electrons. The standard InChI is InChI=1S/C17H23N3O3/c21-16(18-9-6-12-19-10-4-1-5-11-19)13-20-14-7-2-3-8-15(14)23-17(20)22/h2-3,7-8H,1,4-6,9-13H2,(H,18,21). The van der Waals surface area contributed by atoms with Gasteiger partial charge in [-0.2, -0.15) is 0 Å². The first-order chi connectivity index (χ1) is 11.2. The van der Waals surface area contributed by atoms with Crippen LogP contribution in [0.2, 0.25) is 0 Å². The summed E-state index contributed by atoms with van der Waals surface area (Å²) in [5.74, 6) is -0.646. The van der Waals surface area contributed by atoms with Crippen LogP contribution in [0.25, 0.3) is 11.1 Å². The van der Waals surface area contributed by atoms with Gasteiger partial charge in [0.2, 0.25) is 5.91 Å². The van der Waals surface area contributed by atoms with E-state index in [1.54, 1.807) is 18.2 Å². The molecule has 3 rings (SSSR count). The van der Waals surface area contributed by atoms with Gasteiger partial charge in [-0.15, -0.1) is 0 Å². The number of likely N-dealkylation sites (tertiary alicyclic amines) is 1. The van der Waals surface area contributed by atoms with Crippen molar-refractivity contribution in [3.63, 3.8) is 0 Å². The minimum absolute atomic E-state index is 0.000436. The molecular formula is C17H23N3O3. The van der Waals surface area contributed by atoms with E-state index in [2.05, 4.69) is 10.2 Å². The summed E-state index contributed by atoms with van der Waals surface area (Å²) in [7, 11) is 0. The first kappa shape index (κ1) is 15.8. The number of carbonyl (C=O) groups is 1. The topological polar surface area (TPSA) is 67.5 Å². The molecule has 1 amide bonds. The monoisotopic (exact) mass is 317 g/mol. The molecule has 1 fully saturated rings. The minimum atomic E-state index is -0.491. The van der Waals surface area contributed by atoms with Gasteiger partial charge in [0.15, 0.2) is 5.58 Å². The number of benzene rings is 1. The van der Waals surface area contributed by atoms with Crippen molar-refractivity contribution in [1.29, 1.82) is 0 Å². The fourth-order valence-electron chi connectivity index (χ4n) is 3.08. The maximum atomic E-state index is 12.0. The van der Waals surface area contributed by atoms with Gasteiger partial charge in [-0.05, 0) is 51.0 Å². The molecule has 2 heterocycles. The van der Waals surface area contributed by atoms with E-state index >= 15 is 0 Å². The number of oxazole rings is 1. The highest BCUT2D eigenvalue weighted by atomic mass is 16.4. The second kappa shape index (κ2) is 7.46. The van der Waals surface area contributed by atoms with Crippen molar-refractivity contribution < 1.29 is 9.21 Å². The molecule has 1 aromatic heterocycles. The van der Waals surface area contributed by atoms with Crippen LogP contribution in [0.15, 0.2) is 33.5 Å². The summed E-state index contributed by atoms with van der Waals surface area (Å²) >= 11 is 0. The summed E-state index contributed by atoms with van der Waals surface area (Å²) in [6.07, 6.45) is 4.83. The predicted molar refractivity (Wildman–Crippen MR) is 88.4 cm³/mol. The Balaban J connectivity index is 1.47. The van der Waals surface area contributed by atoms with Crippen molar-refractivity contribution in [2.24, 2.45) is 0 Å². The highest BCUT2D eigenvalue weighted by Crippen LogP contribution is 2.11. The molecule has 0 aliphatic carbocycles. The van der Waals surface area contributed by atoms with Gasteiger partial charge >= 0.3 is 5.76 Å². The molecule has 1 saturated heterocycles. The van der Waals surface area contributed by atoms with Gasteiger partial charge in [-0.25, -0.2) is 4.79 Å². The normalized spacial score (nSPS) is 15.8. The molecule has 6 nitrogen and oxygen atoms in total. The summed E-state index contributed by atoms with van der Waals surface area (Å²) in [4.78, 5) is 26.3. The van der Waals surface area contributed by atoms with Crippen molar-refractivity contribution in [2.45, 2.75) is 32.2 Å². The highest BCUT2D eigenvalue weighted by molar-refractivity contribution is 5.79. The van der Waals surface area contributed by atoms with Crippen LogP contribution >= 0.6 is 0 Å². The molecule has 0 saturated carbocycles. The molecule has 6 heteroatoms. The van der Waals surface area contributed by atoms with E-state index in [1.165, 1.54) is 36.9 Å². The largest absolute Gasteiger partial charge is 0.420 e.